The second-order valence-corrected chi connectivity index (χ2v) is 10.1. The van der Waals surface area contributed by atoms with E-state index in [0.29, 0.717) is 72.5 Å². The predicted octanol–water partition coefficient (Wildman–Crippen LogP) is -0.583. The van der Waals surface area contributed by atoms with Crippen molar-refractivity contribution in [2.45, 2.75) is 19.1 Å². The quantitative estimate of drug-likeness (QED) is 0.240. The summed E-state index contributed by atoms with van der Waals surface area (Å²) in [5, 5.41) is 2.29. The number of amides is 1. The SMILES string of the molecule is COCC(=O)NCCOCCOCCOCCOCCN1CCN(S(=O)(=O)C(C)C)CC1.[HH]. The largest absolute Gasteiger partial charge is 0.378 e. The molecule has 1 heterocycles. The van der Waals surface area contributed by atoms with Gasteiger partial charge in [-0.15, -0.1) is 0 Å². The first-order valence-electron chi connectivity index (χ1n) is 11.2. The summed E-state index contributed by atoms with van der Waals surface area (Å²) in [4.78, 5) is 13.4. The van der Waals surface area contributed by atoms with Crippen LogP contribution in [0.1, 0.15) is 15.3 Å². The Labute approximate surface area is 194 Å². The summed E-state index contributed by atoms with van der Waals surface area (Å²) in [6.07, 6.45) is 0. The molecule has 0 aromatic heterocycles. The average Bonchev–Trinajstić information content (AvgIpc) is 2.76. The first-order valence-corrected chi connectivity index (χ1v) is 12.7. The third-order valence-corrected chi connectivity index (χ3v) is 7.08. The van der Waals surface area contributed by atoms with Gasteiger partial charge in [0.05, 0.1) is 58.1 Å². The molecule has 12 heteroatoms. The maximum atomic E-state index is 12.2. The van der Waals surface area contributed by atoms with Gasteiger partial charge in [-0.05, 0) is 13.8 Å². The molecule has 192 valence electrons. The number of hydrogen-bond donors (Lipinski definition) is 1. The highest BCUT2D eigenvalue weighted by Crippen LogP contribution is 2.12. The summed E-state index contributed by atoms with van der Waals surface area (Å²) in [7, 11) is -1.68. The molecule has 0 spiro atoms. The molecule has 0 aliphatic carbocycles. The fourth-order valence-corrected chi connectivity index (χ4v) is 4.17. The molecule has 1 N–H and O–H groups in total. The molecule has 11 nitrogen and oxygen atoms in total. The number of carbonyl (C=O) groups is 1. The molecule has 0 saturated carbocycles. The number of rotatable bonds is 19. The summed E-state index contributed by atoms with van der Waals surface area (Å²) in [5.41, 5.74) is 0. The van der Waals surface area contributed by atoms with Crippen molar-refractivity contribution in [1.82, 2.24) is 14.5 Å². The third kappa shape index (κ3) is 13.0. The summed E-state index contributed by atoms with van der Waals surface area (Å²) in [6, 6.07) is 0. The van der Waals surface area contributed by atoms with Gasteiger partial charge in [-0.2, -0.15) is 4.31 Å². The van der Waals surface area contributed by atoms with E-state index in [0.717, 1.165) is 19.6 Å². The molecular weight excluding hydrogens is 442 g/mol. The molecular formula is C20H43N3O8S. The second kappa shape index (κ2) is 17.6. The van der Waals surface area contributed by atoms with E-state index in [4.69, 9.17) is 23.7 Å². The molecule has 1 fully saturated rings. The van der Waals surface area contributed by atoms with Gasteiger partial charge < -0.3 is 29.0 Å². The first kappa shape index (κ1) is 29.2. The Bertz CT molecular complexity index is 590. The van der Waals surface area contributed by atoms with Crippen LogP contribution in [0.3, 0.4) is 0 Å². The van der Waals surface area contributed by atoms with Crippen LogP contribution in [0.4, 0.5) is 0 Å². The zero-order chi connectivity index (χ0) is 23.7. The lowest BCUT2D eigenvalue weighted by atomic mass is 10.3. The smallest absolute Gasteiger partial charge is 0.246 e. The van der Waals surface area contributed by atoms with Crippen molar-refractivity contribution < 1.29 is 38.3 Å². The second-order valence-electron chi connectivity index (χ2n) is 7.57. The van der Waals surface area contributed by atoms with E-state index >= 15 is 0 Å². The number of piperazine rings is 1. The molecule has 1 aliphatic rings. The van der Waals surface area contributed by atoms with Crippen LogP contribution in [0.5, 0.6) is 0 Å². The highest BCUT2D eigenvalue weighted by Gasteiger charge is 2.28. The van der Waals surface area contributed by atoms with Crippen molar-refractivity contribution in [3.05, 3.63) is 0 Å². The lowest BCUT2D eigenvalue weighted by Gasteiger charge is -2.34. The zero-order valence-corrected chi connectivity index (χ0v) is 20.6. The zero-order valence-electron chi connectivity index (χ0n) is 19.8. The van der Waals surface area contributed by atoms with E-state index in [9.17, 15) is 13.2 Å². The predicted molar refractivity (Wildman–Crippen MR) is 122 cm³/mol. The van der Waals surface area contributed by atoms with Gasteiger partial charge in [-0.1, -0.05) is 0 Å². The maximum Gasteiger partial charge on any atom is 0.246 e. The van der Waals surface area contributed by atoms with Gasteiger partial charge in [0.2, 0.25) is 15.9 Å². The summed E-state index contributed by atoms with van der Waals surface area (Å²) >= 11 is 0. The van der Waals surface area contributed by atoms with Crippen molar-refractivity contribution in [2.24, 2.45) is 0 Å². The van der Waals surface area contributed by atoms with E-state index in [1.807, 2.05) is 0 Å². The summed E-state index contributed by atoms with van der Waals surface area (Å²) in [5.74, 6) is -0.161. The number of ether oxygens (including phenoxy) is 5. The topological polar surface area (TPSA) is 116 Å². The van der Waals surface area contributed by atoms with Crippen LogP contribution in [-0.2, 0) is 38.5 Å². The minimum Gasteiger partial charge on any atom is -0.378 e. The molecule has 1 saturated heterocycles. The Kier molecular flexibility index (Phi) is 16.0. The molecule has 0 atom stereocenters. The van der Waals surface area contributed by atoms with Gasteiger partial charge in [0.1, 0.15) is 6.61 Å². The monoisotopic (exact) mass is 485 g/mol. The molecule has 0 bridgehead atoms. The van der Waals surface area contributed by atoms with Crippen LogP contribution in [-0.4, -0.2) is 135 Å². The van der Waals surface area contributed by atoms with Gasteiger partial charge in [-0.25, -0.2) is 8.42 Å². The average molecular weight is 486 g/mol. The number of methoxy groups -OCH3 is 1. The van der Waals surface area contributed by atoms with E-state index in [1.54, 1.807) is 18.2 Å². The number of hydrogen-bond acceptors (Lipinski definition) is 9. The van der Waals surface area contributed by atoms with Gasteiger partial charge in [0, 0.05) is 47.8 Å². The molecule has 0 aromatic rings. The van der Waals surface area contributed by atoms with Crippen molar-refractivity contribution in [3.8, 4) is 0 Å². The molecule has 0 radical (unpaired) electrons. The van der Waals surface area contributed by atoms with Gasteiger partial charge in [0.25, 0.3) is 0 Å². The Morgan fingerprint density at radius 2 is 1.38 bits per heavy atom. The van der Waals surface area contributed by atoms with Crippen LogP contribution in [0, 0.1) is 0 Å². The Hall–Kier alpha value is -0.860. The highest BCUT2D eigenvalue weighted by atomic mass is 32.2. The molecule has 0 unspecified atom stereocenters. The van der Waals surface area contributed by atoms with Crippen molar-refractivity contribution in [1.29, 1.82) is 0 Å². The van der Waals surface area contributed by atoms with Crippen LogP contribution >= 0.6 is 0 Å². The number of sulfonamides is 1. The Morgan fingerprint density at radius 1 is 0.875 bits per heavy atom. The normalized spacial score (nSPS) is 16.0. The van der Waals surface area contributed by atoms with Gasteiger partial charge in [-0.3, -0.25) is 9.69 Å². The van der Waals surface area contributed by atoms with E-state index in [1.165, 1.54) is 7.11 Å². The van der Waals surface area contributed by atoms with Crippen LogP contribution in [0.2, 0.25) is 0 Å². The summed E-state index contributed by atoms with van der Waals surface area (Å²) < 4.78 is 52.4. The number of carbonyl (C=O) groups excluding carboxylic acids is 1. The lowest BCUT2D eigenvalue weighted by molar-refractivity contribution is -0.125. The fourth-order valence-electron chi connectivity index (χ4n) is 2.91. The fraction of sp³-hybridized carbons (Fsp3) is 0.950. The van der Waals surface area contributed by atoms with E-state index in [2.05, 4.69) is 10.2 Å². The molecule has 32 heavy (non-hydrogen) atoms. The Balaban J connectivity index is 0.0000102. The maximum absolute atomic E-state index is 12.2. The minimum atomic E-state index is -3.15. The van der Waals surface area contributed by atoms with E-state index < -0.39 is 10.0 Å². The van der Waals surface area contributed by atoms with Crippen molar-refractivity contribution >= 4 is 15.9 Å². The molecule has 0 aromatic carbocycles. The number of nitrogens with one attached hydrogen (secondary N) is 1. The van der Waals surface area contributed by atoms with Gasteiger partial charge >= 0.3 is 0 Å². The molecule has 1 amide bonds. The van der Waals surface area contributed by atoms with Gasteiger partial charge in [0.15, 0.2) is 0 Å². The molecule has 1 rings (SSSR count). The van der Waals surface area contributed by atoms with Crippen molar-refractivity contribution in [2.75, 3.05) is 106 Å². The van der Waals surface area contributed by atoms with E-state index in [-0.39, 0.29) is 19.2 Å². The number of nitrogens with zero attached hydrogens (tertiary/aromatic N) is 2. The van der Waals surface area contributed by atoms with Crippen molar-refractivity contribution in [3.63, 3.8) is 0 Å². The third-order valence-electron chi connectivity index (χ3n) is 4.80. The van der Waals surface area contributed by atoms with Crippen LogP contribution < -0.4 is 5.32 Å². The Morgan fingerprint density at radius 3 is 1.88 bits per heavy atom. The minimum absolute atomic E-state index is 0. The summed E-state index contributed by atoms with van der Waals surface area (Å²) in [6.45, 7) is 11.2. The standard InChI is InChI=1S/C20H41N3O8S.H2/c1-19(2)32(25,26)23-7-5-22(6-8-23)9-11-29-13-15-31-17-16-30-14-12-28-10-4-21-20(24)18-27-3;/h19H,4-18H2,1-3H3,(H,21,24);1H. The highest BCUT2D eigenvalue weighted by molar-refractivity contribution is 7.89. The lowest BCUT2D eigenvalue weighted by Crippen LogP contribution is -2.50. The van der Waals surface area contributed by atoms with Crippen LogP contribution in [0.15, 0.2) is 0 Å². The molecule has 1 aliphatic heterocycles. The first-order chi connectivity index (χ1) is 15.4. The van der Waals surface area contributed by atoms with Crippen LogP contribution in [0.25, 0.3) is 0 Å².